The van der Waals surface area contributed by atoms with Crippen molar-refractivity contribution in [3.63, 3.8) is 0 Å². The van der Waals surface area contributed by atoms with E-state index in [0.29, 0.717) is 0 Å². The van der Waals surface area contributed by atoms with E-state index in [2.05, 4.69) is 9.47 Å². The van der Waals surface area contributed by atoms with E-state index in [-0.39, 0.29) is 0 Å². The molecule has 1 rings (SSSR count). The summed E-state index contributed by atoms with van der Waals surface area (Å²) in [7, 11) is 1.09. The molecular weight excluding hydrogens is 290 g/mol. The summed E-state index contributed by atoms with van der Waals surface area (Å²) in [6.45, 7) is 5.93. The Kier molecular flexibility index (Phi) is 3.81. The van der Waals surface area contributed by atoms with E-state index in [1.807, 2.05) is 0 Å². The lowest BCUT2D eigenvalue weighted by Crippen LogP contribution is -2.61. The molecule has 0 bridgehead atoms. The van der Waals surface area contributed by atoms with Crippen molar-refractivity contribution in [1.82, 2.24) is 0 Å². The van der Waals surface area contributed by atoms with Crippen molar-refractivity contribution in [2.45, 2.75) is 58.0 Å². The molecule has 3 unspecified atom stereocenters. The van der Waals surface area contributed by atoms with Gasteiger partial charge < -0.3 is 0 Å². The van der Waals surface area contributed by atoms with Gasteiger partial charge in [-0.2, -0.15) is 13.2 Å². The van der Waals surface area contributed by atoms with Crippen LogP contribution < -0.4 is 0 Å². The molecule has 8 heteroatoms. The van der Waals surface area contributed by atoms with Gasteiger partial charge in [0.1, 0.15) is 0 Å². The lowest BCUT2D eigenvalue weighted by molar-refractivity contribution is -0.384. The van der Waals surface area contributed by atoms with Gasteiger partial charge in [-0.15, -0.1) is 0 Å². The van der Waals surface area contributed by atoms with Crippen LogP contribution in [-0.4, -0.2) is 23.4 Å². The third-order valence-corrected chi connectivity index (χ3v) is 3.57. The van der Waals surface area contributed by atoms with Crippen LogP contribution in [0.3, 0.4) is 0 Å². The van der Waals surface area contributed by atoms with Gasteiger partial charge in [-0.05, 0) is 0 Å². The van der Waals surface area contributed by atoms with Gasteiger partial charge in [0.15, 0.2) is 0 Å². The SMILES string of the molecule is CC(C)C(F)(F)C1(C(C)(C)C)OC(F)(F)C(F)(P)O1. The van der Waals surface area contributed by atoms with Crippen LogP contribution in [0.4, 0.5) is 22.0 Å². The highest BCUT2D eigenvalue weighted by atomic mass is 31.0. The summed E-state index contributed by atoms with van der Waals surface area (Å²) in [6, 6.07) is 0. The van der Waals surface area contributed by atoms with Crippen molar-refractivity contribution in [3.8, 4) is 0 Å². The summed E-state index contributed by atoms with van der Waals surface area (Å²) in [5.41, 5.74) is -5.27. The highest BCUT2D eigenvalue weighted by Gasteiger charge is 2.79. The smallest absolute Gasteiger partial charge is 0.297 e. The molecule has 19 heavy (non-hydrogen) atoms. The van der Waals surface area contributed by atoms with Crippen molar-refractivity contribution in [3.05, 3.63) is 0 Å². The Morgan fingerprint density at radius 3 is 1.63 bits per heavy atom. The van der Waals surface area contributed by atoms with Crippen LogP contribution in [0.25, 0.3) is 0 Å². The van der Waals surface area contributed by atoms with Gasteiger partial charge in [-0.1, -0.05) is 43.9 Å². The van der Waals surface area contributed by atoms with Crippen LogP contribution in [0.1, 0.15) is 34.6 Å². The van der Waals surface area contributed by atoms with Gasteiger partial charge in [-0.25, -0.2) is 8.78 Å². The summed E-state index contributed by atoms with van der Waals surface area (Å²) in [6.07, 6.45) is -4.48. The number of rotatable bonds is 2. The molecule has 0 radical (unpaired) electrons. The second-order valence-corrected chi connectivity index (χ2v) is 6.75. The van der Waals surface area contributed by atoms with Gasteiger partial charge in [0.2, 0.25) is 5.79 Å². The Morgan fingerprint density at radius 1 is 1.00 bits per heavy atom. The second kappa shape index (κ2) is 4.25. The Hall–Kier alpha value is -0.0000000000000000208. The molecule has 114 valence electrons. The van der Waals surface area contributed by atoms with Crippen molar-refractivity contribution in [2.75, 3.05) is 0 Å². The summed E-state index contributed by atoms with van der Waals surface area (Å²) < 4.78 is 77.9. The molecule has 3 atom stereocenters. The minimum absolute atomic E-state index is 1.09. The standard InChI is InChI=1S/C11H18F5O2P/c1-6(2)8(12,13)9(7(3,4)5)17-10(14,15)11(16,19)18-9/h6H,19H2,1-5H3. The summed E-state index contributed by atoms with van der Waals surface area (Å²) in [5.74, 6) is -8.24. The number of hydrogen-bond donors (Lipinski definition) is 0. The van der Waals surface area contributed by atoms with Crippen LogP contribution >= 0.6 is 9.24 Å². The molecular formula is C11H18F5O2P. The molecule has 0 saturated carbocycles. The fourth-order valence-corrected chi connectivity index (χ4v) is 2.09. The molecule has 2 nitrogen and oxygen atoms in total. The van der Waals surface area contributed by atoms with Gasteiger partial charge in [0.25, 0.3) is 0 Å². The lowest BCUT2D eigenvalue weighted by Gasteiger charge is -2.45. The molecule has 0 aliphatic carbocycles. The van der Waals surface area contributed by atoms with Crippen LogP contribution in [0.5, 0.6) is 0 Å². The van der Waals surface area contributed by atoms with E-state index < -0.39 is 34.7 Å². The molecule has 0 aromatic carbocycles. The predicted octanol–water partition coefficient (Wildman–Crippen LogP) is 4.16. The third kappa shape index (κ3) is 2.28. The van der Waals surface area contributed by atoms with E-state index in [9.17, 15) is 22.0 Å². The van der Waals surface area contributed by atoms with E-state index in [0.717, 1.165) is 23.1 Å². The molecule has 0 aromatic rings. The quantitative estimate of drug-likeness (QED) is 0.563. The normalized spacial score (nSPS) is 36.0. The summed E-state index contributed by atoms with van der Waals surface area (Å²) in [4.78, 5) is 0. The Balaban J connectivity index is 3.44. The Morgan fingerprint density at radius 2 is 1.42 bits per heavy atom. The Labute approximate surface area is 111 Å². The maximum absolute atomic E-state index is 14.3. The molecule has 1 fully saturated rings. The van der Waals surface area contributed by atoms with E-state index >= 15 is 0 Å². The average molecular weight is 308 g/mol. The Bertz CT molecular complexity index is 347. The highest BCUT2D eigenvalue weighted by molar-refractivity contribution is 7.18. The monoisotopic (exact) mass is 308 g/mol. The third-order valence-electron chi connectivity index (χ3n) is 3.11. The number of alkyl halides is 5. The first kappa shape index (κ1) is 17.1. The van der Waals surface area contributed by atoms with E-state index in [1.54, 1.807) is 0 Å². The fourth-order valence-electron chi connectivity index (χ4n) is 1.86. The summed E-state index contributed by atoms with van der Waals surface area (Å²) >= 11 is 0. The van der Waals surface area contributed by atoms with E-state index in [4.69, 9.17) is 0 Å². The zero-order chi connectivity index (χ0) is 15.5. The first-order valence-corrected chi connectivity index (χ1v) is 6.32. The first-order chi connectivity index (χ1) is 8.11. The van der Waals surface area contributed by atoms with Crippen LogP contribution in [0.15, 0.2) is 0 Å². The molecule has 0 amide bonds. The van der Waals surface area contributed by atoms with Crippen molar-refractivity contribution in [1.29, 1.82) is 0 Å². The first-order valence-electron chi connectivity index (χ1n) is 5.74. The average Bonchev–Trinajstić information content (AvgIpc) is 2.32. The number of halogens is 5. The highest BCUT2D eigenvalue weighted by Crippen LogP contribution is 2.62. The summed E-state index contributed by atoms with van der Waals surface area (Å²) in [5, 5.41) is 0. The van der Waals surface area contributed by atoms with Crippen LogP contribution in [0.2, 0.25) is 0 Å². The topological polar surface area (TPSA) is 18.5 Å². The zero-order valence-corrected chi connectivity index (χ0v) is 12.5. The maximum Gasteiger partial charge on any atom is 0.420 e. The molecule has 0 N–H and O–H groups in total. The van der Waals surface area contributed by atoms with E-state index in [1.165, 1.54) is 20.8 Å². The van der Waals surface area contributed by atoms with Gasteiger partial charge in [0, 0.05) is 11.3 Å². The molecule has 0 aromatic heterocycles. The maximum atomic E-state index is 14.3. The molecule has 1 aliphatic heterocycles. The second-order valence-electron chi connectivity index (χ2n) is 6.01. The fraction of sp³-hybridized carbons (Fsp3) is 1.00. The predicted molar refractivity (Wildman–Crippen MR) is 62.6 cm³/mol. The number of hydrogen-bond acceptors (Lipinski definition) is 2. The van der Waals surface area contributed by atoms with Gasteiger partial charge >= 0.3 is 17.6 Å². The van der Waals surface area contributed by atoms with Crippen molar-refractivity contribution < 1.29 is 31.4 Å². The van der Waals surface area contributed by atoms with Crippen LogP contribution in [0, 0.1) is 11.3 Å². The van der Waals surface area contributed by atoms with Crippen LogP contribution in [-0.2, 0) is 9.47 Å². The minimum Gasteiger partial charge on any atom is -0.297 e. The van der Waals surface area contributed by atoms with Crippen molar-refractivity contribution in [2.24, 2.45) is 11.3 Å². The minimum atomic E-state index is -4.48. The number of ether oxygens (including phenoxy) is 2. The molecule has 1 aliphatic rings. The van der Waals surface area contributed by atoms with Gasteiger partial charge in [0.05, 0.1) is 0 Å². The largest absolute Gasteiger partial charge is 0.420 e. The lowest BCUT2D eigenvalue weighted by atomic mass is 9.77. The molecule has 1 heterocycles. The molecule has 1 saturated heterocycles. The molecule has 0 spiro atoms. The van der Waals surface area contributed by atoms with Gasteiger partial charge in [-0.3, -0.25) is 9.47 Å². The zero-order valence-electron chi connectivity index (χ0n) is 11.4. The van der Waals surface area contributed by atoms with Crippen molar-refractivity contribution >= 4 is 9.24 Å².